The van der Waals surface area contributed by atoms with Gasteiger partial charge in [0.25, 0.3) is 0 Å². The SMILES string of the molecule is Cc1ccc2c(c1)CC(COc1cc(F)cc(Br)c1)O2. The van der Waals surface area contributed by atoms with Crippen LogP contribution in [0.5, 0.6) is 11.5 Å². The zero-order chi connectivity index (χ0) is 14.1. The van der Waals surface area contributed by atoms with Crippen LogP contribution in [0.1, 0.15) is 11.1 Å². The molecule has 1 aliphatic heterocycles. The number of halogens is 2. The van der Waals surface area contributed by atoms with Gasteiger partial charge in [-0.1, -0.05) is 33.6 Å². The highest BCUT2D eigenvalue weighted by Crippen LogP contribution is 2.30. The van der Waals surface area contributed by atoms with Crippen LogP contribution in [0.15, 0.2) is 40.9 Å². The zero-order valence-electron chi connectivity index (χ0n) is 11.0. The first-order chi connectivity index (χ1) is 9.60. The summed E-state index contributed by atoms with van der Waals surface area (Å²) in [5, 5.41) is 0. The second-order valence-electron chi connectivity index (χ2n) is 4.97. The van der Waals surface area contributed by atoms with E-state index in [9.17, 15) is 4.39 Å². The number of ether oxygens (including phenoxy) is 2. The summed E-state index contributed by atoms with van der Waals surface area (Å²) in [7, 11) is 0. The molecule has 2 aromatic rings. The van der Waals surface area contributed by atoms with Gasteiger partial charge in [0.05, 0.1) is 0 Å². The number of rotatable bonds is 3. The van der Waals surface area contributed by atoms with Crippen molar-refractivity contribution in [1.82, 2.24) is 0 Å². The molecule has 4 heteroatoms. The Morgan fingerprint density at radius 2 is 2.15 bits per heavy atom. The topological polar surface area (TPSA) is 18.5 Å². The van der Waals surface area contributed by atoms with Crippen LogP contribution in [0.4, 0.5) is 4.39 Å². The third-order valence-corrected chi connectivity index (χ3v) is 3.69. The quantitative estimate of drug-likeness (QED) is 0.832. The molecule has 0 fully saturated rings. The first-order valence-electron chi connectivity index (χ1n) is 6.45. The second kappa shape index (κ2) is 5.44. The number of aryl methyl sites for hydroxylation is 1. The highest BCUT2D eigenvalue weighted by Gasteiger charge is 2.23. The highest BCUT2D eigenvalue weighted by molar-refractivity contribution is 9.10. The van der Waals surface area contributed by atoms with Crippen LogP contribution in [0, 0.1) is 12.7 Å². The van der Waals surface area contributed by atoms with Gasteiger partial charge in [-0.25, -0.2) is 4.39 Å². The minimum Gasteiger partial charge on any atom is -0.490 e. The molecule has 0 bridgehead atoms. The number of benzene rings is 2. The Morgan fingerprint density at radius 1 is 1.30 bits per heavy atom. The van der Waals surface area contributed by atoms with Crippen LogP contribution < -0.4 is 9.47 Å². The molecule has 0 amide bonds. The van der Waals surface area contributed by atoms with Crippen LogP contribution >= 0.6 is 15.9 Å². The fourth-order valence-electron chi connectivity index (χ4n) is 2.34. The smallest absolute Gasteiger partial charge is 0.137 e. The Bertz CT molecular complexity index is 622. The summed E-state index contributed by atoms with van der Waals surface area (Å²) in [6, 6.07) is 10.7. The predicted molar refractivity (Wildman–Crippen MR) is 78.9 cm³/mol. The molecule has 0 saturated carbocycles. The summed E-state index contributed by atoms with van der Waals surface area (Å²) in [5.74, 6) is 1.11. The maximum absolute atomic E-state index is 13.2. The number of fused-ring (bicyclic) bond motifs is 1. The molecule has 1 heterocycles. The molecule has 2 aromatic carbocycles. The lowest BCUT2D eigenvalue weighted by atomic mass is 10.1. The van der Waals surface area contributed by atoms with Crippen molar-refractivity contribution in [2.24, 2.45) is 0 Å². The van der Waals surface area contributed by atoms with Crippen molar-refractivity contribution in [3.63, 3.8) is 0 Å². The molecular formula is C16H14BrFO2. The van der Waals surface area contributed by atoms with Crippen LogP contribution in [0.3, 0.4) is 0 Å². The van der Waals surface area contributed by atoms with E-state index in [0.717, 1.165) is 12.2 Å². The molecule has 0 aromatic heterocycles. The second-order valence-corrected chi connectivity index (χ2v) is 5.89. The number of hydrogen-bond donors (Lipinski definition) is 0. The first kappa shape index (κ1) is 13.4. The molecule has 0 radical (unpaired) electrons. The Kier molecular flexibility index (Phi) is 3.66. The molecule has 0 saturated heterocycles. The van der Waals surface area contributed by atoms with Crippen LogP contribution in [0.25, 0.3) is 0 Å². The van der Waals surface area contributed by atoms with Crippen molar-refractivity contribution in [2.75, 3.05) is 6.61 Å². The fraction of sp³-hybridized carbons (Fsp3) is 0.250. The molecule has 20 heavy (non-hydrogen) atoms. The summed E-state index contributed by atoms with van der Waals surface area (Å²) in [6.07, 6.45) is 0.807. The standard InChI is InChI=1S/C16H14BrFO2/c1-10-2-3-16-11(4-10)5-15(20-16)9-19-14-7-12(17)6-13(18)8-14/h2-4,6-8,15H,5,9H2,1H3. The fourth-order valence-corrected chi connectivity index (χ4v) is 2.79. The van der Waals surface area contributed by atoms with E-state index < -0.39 is 0 Å². The van der Waals surface area contributed by atoms with Gasteiger partial charge in [0.15, 0.2) is 0 Å². The van der Waals surface area contributed by atoms with E-state index in [2.05, 4.69) is 28.9 Å². The lowest BCUT2D eigenvalue weighted by Gasteiger charge is -2.12. The van der Waals surface area contributed by atoms with Gasteiger partial charge in [-0.3, -0.25) is 0 Å². The van der Waals surface area contributed by atoms with Gasteiger partial charge in [0.1, 0.15) is 30.0 Å². The van der Waals surface area contributed by atoms with Gasteiger partial charge in [-0.15, -0.1) is 0 Å². The van der Waals surface area contributed by atoms with Gasteiger partial charge < -0.3 is 9.47 Å². The molecular weight excluding hydrogens is 323 g/mol. The van der Waals surface area contributed by atoms with Crippen molar-refractivity contribution >= 4 is 15.9 Å². The number of hydrogen-bond acceptors (Lipinski definition) is 2. The van der Waals surface area contributed by atoms with Crippen molar-refractivity contribution in [1.29, 1.82) is 0 Å². The molecule has 3 rings (SSSR count). The van der Waals surface area contributed by atoms with Gasteiger partial charge in [0.2, 0.25) is 0 Å². The zero-order valence-corrected chi connectivity index (χ0v) is 12.6. The lowest BCUT2D eigenvalue weighted by molar-refractivity contribution is 0.148. The highest BCUT2D eigenvalue weighted by atomic mass is 79.9. The van der Waals surface area contributed by atoms with Crippen LogP contribution in [-0.4, -0.2) is 12.7 Å². The average Bonchev–Trinajstić information content (AvgIpc) is 2.77. The predicted octanol–water partition coefficient (Wildman–Crippen LogP) is 4.28. The van der Waals surface area contributed by atoms with Crippen molar-refractivity contribution < 1.29 is 13.9 Å². The van der Waals surface area contributed by atoms with E-state index in [1.54, 1.807) is 6.07 Å². The summed E-state index contributed by atoms with van der Waals surface area (Å²) in [5.41, 5.74) is 2.43. The summed E-state index contributed by atoms with van der Waals surface area (Å²) in [6.45, 7) is 2.47. The third kappa shape index (κ3) is 2.96. The Balaban J connectivity index is 1.63. The van der Waals surface area contributed by atoms with E-state index in [-0.39, 0.29) is 11.9 Å². The van der Waals surface area contributed by atoms with Crippen molar-refractivity contribution in [2.45, 2.75) is 19.4 Å². The van der Waals surface area contributed by atoms with E-state index in [0.29, 0.717) is 16.8 Å². The Labute approximate surface area is 125 Å². The van der Waals surface area contributed by atoms with Crippen LogP contribution in [-0.2, 0) is 6.42 Å². The van der Waals surface area contributed by atoms with E-state index >= 15 is 0 Å². The normalized spacial score (nSPS) is 16.6. The van der Waals surface area contributed by atoms with Gasteiger partial charge in [0, 0.05) is 17.0 Å². The van der Waals surface area contributed by atoms with Gasteiger partial charge in [-0.05, 0) is 30.7 Å². The van der Waals surface area contributed by atoms with Crippen LogP contribution in [0.2, 0.25) is 0 Å². The van der Waals surface area contributed by atoms with E-state index in [1.807, 2.05) is 12.1 Å². The van der Waals surface area contributed by atoms with Crippen molar-refractivity contribution in [3.8, 4) is 11.5 Å². The maximum Gasteiger partial charge on any atom is 0.137 e. The summed E-state index contributed by atoms with van der Waals surface area (Å²) < 4.78 is 25.3. The molecule has 1 atom stereocenters. The molecule has 0 aliphatic carbocycles. The van der Waals surface area contributed by atoms with Gasteiger partial charge in [-0.2, -0.15) is 0 Å². The minimum atomic E-state index is -0.319. The first-order valence-corrected chi connectivity index (χ1v) is 7.24. The Hall–Kier alpha value is -1.55. The van der Waals surface area contributed by atoms with Gasteiger partial charge >= 0.3 is 0 Å². The summed E-state index contributed by atoms with van der Waals surface area (Å²) in [4.78, 5) is 0. The minimum absolute atomic E-state index is 0.0196. The van der Waals surface area contributed by atoms with E-state index in [4.69, 9.17) is 9.47 Å². The monoisotopic (exact) mass is 336 g/mol. The molecule has 0 spiro atoms. The molecule has 0 N–H and O–H groups in total. The maximum atomic E-state index is 13.2. The van der Waals surface area contributed by atoms with E-state index in [1.165, 1.54) is 23.3 Å². The molecule has 1 unspecified atom stereocenters. The summed E-state index contributed by atoms with van der Waals surface area (Å²) >= 11 is 3.25. The molecule has 2 nitrogen and oxygen atoms in total. The van der Waals surface area contributed by atoms with Crippen molar-refractivity contribution in [3.05, 3.63) is 57.8 Å². The molecule has 1 aliphatic rings. The molecule has 104 valence electrons. The Morgan fingerprint density at radius 3 is 2.95 bits per heavy atom. The third-order valence-electron chi connectivity index (χ3n) is 3.23. The lowest BCUT2D eigenvalue weighted by Crippen LogP contribution is -2.22. The average molecular weight is 337 g/mol. The largest absolute Gasteiger partial charge is 0.490 e.